The van der Waals surface area contributed by atoms with Gasteiger partial charge in [0.25, 0.3) is 0 Å². The molecule has 344 valence electrons. The van der Waals surface area contributed by atoms with Gasteiger partial charge >= 0.3 is 0 Å². The van der Waals surface area contributed by atoms with Crippen molar-refractivity contribution in [1.29, 1.82) is 0 Å². The van der Waals surface area contributed by atoms with Gasteiger partial charge in [-0.3, -0.25) is 38.6 Å². The Morgan fingerprint density at radius 1 is 0.688 bits per heavy atom. The van der Waals surface area contributed by atoms with Gasteiger partial charge in [-0.15, -0.1) is 0 Å². The Morgan fingerprint density at radius 3 is 1.80 bits per heavy atom. The van der Waals surface area contributed by atoms with Crippen molar-refractivity contribution >= 4 is 47.3 Å². The van der Waals surface area contributed by atoms with Crippen LogP contribution in [0.1, 0.15) is 56.7 Å². The highest BCUT2D eigenvalue weighted by atomic mass is 16.3. The molecule has 0 aliphatic heterocycles. The number of benzene rings is 3. The summed E-state index contributed by atoms with van der Waals surface area (Å²) >= 11 is 0. The molecule has 64 heavy (non-hydrogen) atoms. The fraction of sp³-hybridized carbons (Fsp3) is 0.422. The first-order valence-electron chi connectivity index (χ1n) is 21.1. The minimum absolute atomic E-state index is 0.0177. The zero-order valence-corrected chi connectivity index (χ0v) is 36.3. The van der Waals surface area contributed by atoms with Crippen LogP contribution >= 0.6 is 0 Å². The number of nitrogens with zero attached hydrogens (tertiary/aromatic N) is 1. The van der Waals surface area contributed by atoms with Gasteiger partial charge in [0.1, 0.15) is 35.5 Å². The molecule has 1 saturated carbocycles. The van der Waals surface area contributed by atoms with Crippen molar-refractivity contribution in [2.75, 3.05) is 13.1 Å². The van der Waals surface area contributed by atoms with Crippen LogP contribution in [0.25, 0.3) is 0 Å². The number of primary amides is 1. The van der Waals surface area contributed by atoms with E-state index in [4.69, 9.17) is 22.9 Å². The fourth-order valence-corrected chi connectivity index (χ4v) is 7.26. The van der Waals surface area contributed by atoms with Crippen LogP contribution < -0.4 is 54.8 Å². The lowest BCUT2D eigenvalue weighted by Crippen LogP contribution is -2.61. The first-order chi connectivity index (χ1) is 30.4. The molecule has 1 aliphatic rings. The number of rotatable bonds is 24. The van der Waals surface area contributed by atoms with Gasteiger partial charge in [0.2, 0.25) is 41.4 Å². The van der Waals surface area contributed by atoms with Crippen LogP contribution in [0.2, 0.25) is 0 Å². The standard InChI is InChI=1S/C45H61N11O8/c1-26(2)32-24-45(32,43(64)55-34(15-10-20-50-44(48)49)41(62)53-35(38(47)59)22-28-11-6-4-7-12-28)56-42(63)36(23-29-13-8-5-9-14-29)54-39(60)27(3)52-37(58)25-51-40(61)33(46)21-30-16-18-31(57)19-17-30/h4-9,11-14,16-19,26-27,32-36,57H,10,15,20-25,46H2,1-3H3,(H2,47,59)(H,51,61)(H,52,58)(H,53,62)(H,54,60)(H,55,64)(H,56,63)(H4,48,49,50)/t27-,32-,33+,34+,35+,36+,45+/m1/s1. The van der Waals surface area contributed by atoms with E-state index in [0.29, 0.717) is 11.1 Å². The monoisotopic (exact) mass is 883 g/mol. The Hall–Kier alpha value is -7.02. The van der Waals surface area contributed by atoms with Crippen LogP contribution in [-0.2, 0) is 52.8 Å². The van der Waals surface area contributed by atoms with Crippen LogP contribution in [0.5, 0.6) is 5.75 Å². The minimum Gasteiger partial charge on any atom is -0.508 e. The van der Waals surface area contributed by atoms with Crippen LogP contribution in [0.15, 0.2) is 89.9 Å². The lowest BCUT2D eigenvalue weighted by Gasteiger charge is -2.28. The zero-order chi connectivity index (χ0) is 47.0. The molecule has 0 aromatic heterocycles. The van der Waals surface area contributed by atoms with Crippen LogP contribution in [0, 0.1) is 11.8 Å². The second-order valence-corrected chi connectivity index (χ2v) is 16.4. The number of carbonyl (C=O) groups is 7. The summed E-state index contributed by atoms with van der Waals surface area (Å²) in [4.78, 5) is 98.0. The van der Waals surface area contributed by atoms with E-state index in [0.717, 1.165) is 5.56 Å². The van der Waals surface area contributed by atoms with Crippen LogP contribution in [-0.4, -0.2) is 101 Å². The summed E-state index contributed by atoms with van der Waals surface area (Å²) in [5, 5.41) is 25.5. The number of aromatic hydroxyl groups is 1. The number of hydrogen-bond donors (Lipinski definition) is 11. The molecule has 19 nitrogen and oxygen atoms in total. The van der Waals surface area contributed by atoms with Gasteiger partial charge in [0, 0.05) is 19.4 Å². The van der Waals surface area contributed by atoms with Crippen molar-refractivity contribution in [3.8, 4) is 5.75 Å². The maximum Gasteiger partial charge on any atom is 0.246 e. The molecule has 3 aromatic carbocycles. The number of guanidine groups is 1. The second-order valence-electron chi connectivity index (χ2n) is 16.4. The predicted molar refractivity (Wildman–Crippen MR) is 239 cm³/mol. The summed E-state index contributed by atoms with van der Waals surface area (Å²) in [6, 6.07) is 18.4. The van der Waals surface area contributed by atoms with Crippen molar-refractivity contribution in [2.24, 2.45) is 39.8 Å². The third-order valence-corrected chi connectivity index (χ3v) is 10.9. The van der Waals surface area contributed by atoms with E-state index in [1.807, 2.05) is 19.9 Å². The number of hydrogen-bond acceptors (Lipinski definition) is 10. The molecule has 7 atom stereocenters. The smallest absolute Gasteiger partial charge is 0.246 e. The van der Waals surface area contributed by atoms with Crippen molar-refractivity contribution in [3.05, 3.63) is 102 Å². The van der Waals surface area contributed by atoms with E-state index in [1.165, 1.54) is 19.1 Å². The lowest BCUT2D eigenvalue weighted by molar-refractivity contribution is -0.136. The van der Waals surface area contributed by atoms with Gasteiger partial charge in [-0.05, 0) is 73.3 Å². The lowest BCUT2D eigenvalue weighted by atomic mass is 10.00. The molecule has 0 spiro atoms. The number of aliphatic imine (C=N–C) groups is 1. The summed E-state index contributed by atoms with van der Waals surface area (Å²) in [6.07, 6.45) is 0.839. The SMILES string of the molecule is CC(C)[C@H]1C[C@@]1(NC(=O)[C@H](Cc1ccccc1)NC(=O)[C@@H](C)NC(=O)CNC(=O)[C@@H](N)Cc1ccc(O)cc1)C(=O)N[C@@H](CCCN=C(N)N)C(=O)N[C@@H](Cc1ccccc1)C(N)=O. The average Bonchev–Trinajstić information content (AvgIpc) is 4.00. The molecule has 0 radical (unpaired) electrons. The Morgan fingerprint density at radius 2 is 1.25 bits per heavy atom. The third kappa shape index (κ3) is 15.1. The fourth-order valence-electron chi connectivity index (χ4n) is 7.26. The highest BCUT2D eigenvalue weighted by Gasteiger charge is 2.62. The summed E-state index contributed by atoms with van der Waals surface area (Å²) < 4.78 is 0. The largest absolute Gasteiger partial charge is 0.508 e. The summed E-state index contributed by atoms with van der Waals surface area (Å²) in [7, 11) is 0. The molecule has 0 saturated heterocycles. The first kappa shape index (κ1) is 49.6. The molecule has 15 N–H and O–H groups in total. The average molecular weight is 884 g/mol. The first-order valence-corrected chi connectivity index (χ1v) is 21.1. The number of nitrogens with one attached hydrogen (secondary N) is 6. The van der Waals surface area contributed by atoms with Gasteiger partial charge in [0.15, 0.2) is 5.96 Å². The zero-order valence-electron chi connectivity index (χ0n) is 36.3. The molecule has 3 aromatic rings. The topological polar surface area (TPSA) is 328 Å². The third-order valence-electron chi connectivity index (χ3n) is 10.9. The molecule has 19 heteroatoms. The molecule has 0 unspecified atom stereocenters. The van der Waals surface area contributed by atoms with Gasteiger partial charge in [-0.2, -0.15) is 0 Å². The van der Waals surface area contributed by atoms with Crippen molar-refractivity contribution in [2.45, 2.75) is 95.0 Å². The van der Waals surface area contributed by atoms with Crippen molar-refractivity contribution in [3.63, 3.8) is 0 Å². The number of amides is 7. The maximum atomic E-state index is 14.4. The number of phenolic OH excluding ortho intramolecular Hbond substituents is 1. The van der Waals surface area contributed by atoms with E-state index in [2.05, 4.69) is 36.9 Å². The Labute approximate surface area is 372 Å². The molecular weight excluding hydrogens is 823 g/mol. The van der Waals surface area contributed by atoms with E-state index in [9.17, 15) is 38.7 Å². The molecule has 0 heterocycles. The van der Waals surface area contributed by atoms with E-state index < -0.39 is 83.6 Å². The minimum atomic E-state index is -1.47. The summed E-state index contributed by atoms with van der Waals surface area (Å²) in [5.74, 6) is -5.32. The van der Waals surface area contributed by atoms with E-state index >= 15 is 0 Å². The van der Waals surface area contributed by atoms with Crippen LogP contribution in [0.4, 0.5) is 0 Å². The van der Waals surface area contributed by atoms with Crippen molar-refractivity contribution in [1.82, 2.24) is 31.9 Å². The molecule has 1 fully saturated rings. The van der Waals surface area contributed by atoms with Gasteiger partial charge in [-0.1, -0.05) is 86.6 Å². The van der Waals surface area contributed by atoms with E-state index in [-0.39, 0.29) is 68.6 Å². The Kier molecular flexibility index (Phi) is 18.2. The highest BCUT2D eigenvalue weighted by Crippen LogP contribution is 2.49. The van der Waals surface area contributed by atoms with Crippen molar-refractivity contribution < 1.29 is 38.7 Å². The normalized spacial score (nSPS) is 17.5. The van der Waals surface area contributed by atoms with E-state index in [1.54, 1.807) is 66.7 Å². The summed E-state index contributed by atoms with van der Waals surface area (Å²) in [6.45, 7) is 4.87. The Bertz CT molecular complexity index is 2120. The number of phenols is 1. The second kappa shape index (κ2) is 23.4. The number of nitrogens with two attached hydrogens (primary N) is 4. The molecule has 1 aliphatic carbocycles. The van der Waals surface area contributed by atoms with Gasteiger partial charge in [0.05, 0.1) is 12.6 Å². The predicted octanol–water partition coefficient (Wildman–Crippen LogP) is -1.11. The van der Waals surface area contributed by atoms with Gasteiger partial charge in [-0.25, -0.2) is 0 Å². The molecule has 4 rings (SSSR count). The highest BCUT2D eigenvalue weighted by molar-refractivity contribution is 6.00. The quantitative estimate of drug-likeness (QED) is 0.0291. The Balaban J connectivity index is 1.46. The molecule has 7 amide bonds. The summed E-state index contributed by atoms with van der Waals surface area (Å²) in [5.41, 5.74) is 23.3. The molecular formula is C45H61N11O8. The van der Waals surface area contributed by atoms with Crippen LogP contribution in [0.3, 0.4) is 0 Å². The maximum absolute atomic E-state index is 14.4. The molecule has 0 bridgehead atoms. The number of carbonyl (C=O) groups excluding carboxylic acids is 7. The van der Waals surface area contributed by atoms with Gasteiger partial charge < -0.3 is 59.9 Å².